The number of hydrogen-bond donors (Lipinski definition) is 0. The number of carbonyl (C=O) groups excluding carboxylic acids is 1. The maximum Gasteiger partial charge on any atom is 0.306 e. The molecule has 4 aliphatic carbocycles. The zero-order valence-corrected chi connectivity index (χ0v) is 37.1. The third-order valence-corrected chi connectivity index (χ3v) is 16.0. The van der Waals surface area contributed by atoms with E-state index >= 15 is 0 Å². The van der Waals surface area contributed by atoms with Crippen molar-refractivity contribution in [1.29, 1.82) is 0 Å². The monoisotopic (exact) mass is 747 g/mol. The van der Waals surface area contributed by atoms with Gasteiger partial charge in [-0.2, -0.15) is 0 Å². The predicted octanol–water partition coefficient (Wildman–Crippen LogP) is 16.3. The highest BCUT2D eigenvalue weighted by atomic mass is 16.5. The lowest BCUT2D eigenvalue weighted by atomic mass is 9.47. The van der Waals surface area contributed by atoms with Crippen molar-refractivity contribution in [3.05, 3.63) is 36.0 Å². The van der Waals surface area contributed by atoms with E-state index in [0.29, 0.717) is 29.1 Å². The normalized spacial score (nSPS) is 30.7. The lowest BCUT2D eigenvalue weighted by Gasteiger charge is -2.58. The Bertz CT molecular complexity index is 1150. The first-order chi connectivity index (χ1) is 26.1. The van der Waals surface area contributed by atoms with Crippen LogP contribution in [0.25, 0.3) is 0 Å². The fourth-order valence-electron chi connectivity index (χ4n) is 12.0. The van der Waals surface area contributed by atoms with Crippen LogP contribution in [0.4, 0.5) is 0 Å². The third kappa shape index (κ3) is 13.4. The van der Waals surface area contributed by atoms with Crippen LogP contribution in [0.15, 0.2) is 36.0 Å². The summed E-state index contributed by atoms with van der Waals surface area (Å²) >= 11 is 0. The molecule has 9 atom stereocenters. The zero-order chi connectivity index (χ0) is 38.8. The molecular formula is C52H90O2. The molecule has 0 N–H and O–H groups in total. The minimum atomic E-state index is 0.0579. The van der Waals surface area contributed by atoms with E-state index < -0.39 is 0 Å². The Morgan fingerprint density at radius 2 is 1.31 bits per heavy atom. The molecule has 0 aliphatic heterocycles. The molecule has 4 aliphatic rings. The number of hydrogen-bond acceptors (Lipinski definition) is 2. The maximum absolute atomic E-state index is 12.9. The number of rotatable bonds is 26. The Morgan fingerprint density at radius 3 is 1.93 bits per heavy atom. The summed E-state index contributed by atoms with van der Waals surface area (Å²) in [6.45, 7) is 17.2. The van der Waals surface area contributed by atoms with Crippen molar-refractivity contribution in [2.24, 2.45) is 52.3 Å². The number of carbonyl (C=O) groups is 1. The molecular weight excluding hydrogens is 657 g/mol. The van der Waals surface area contributed by atoms with E-state index in [1.807, 2.05) is 0 Å². The maximum atomic E-state index is 12.9. The van der Waals surface area contributed by atoms with Gasteiger partial charge in [0.1, 0.15) is 6.10 Å². The molecule has 9 unspecified atom stereocenters. The first-order valence-electron chi connectivity index (χ1n) is 24.3. The topological polar surface area (TPSA) is 26.3 Å². The lowest BCUT2D eigenvalue weighted by molar-refractivity contribution is -0.151. The Labute approximate surface area is 337 Å². The van der Waals surface area contributed by atoms with Crippen molar-refractivity contribution in [1.82, 2.24) is 0 Å². The van der Waals surface area contributed by atoms with Gasteiger partial charge in [0.15, 0.2) is 0 Å². The predicted molar refractivity (Wildman–Crippen MR) is 235 cm³/mol. The van der Waals surface area contributed by atoms with Crippen LogP contribution in [-0.2, 0) is 9.53 Å². The van der Waals surface area contributed by atoms with Gasteiger partial charge in [0, 0.05) is 12.8 Å². The SMILES string of the molecule is CCCCCCCC/C=C/CCCCCCCCCCCCCC(=O)OC1CCC2(C)C(=CCC3C2CCC2(C)C(C(C)/C=C/C(C)C(C)C)CCC32)C1. The summed E-state index contributed by atoms with van der Waals surface area (Å²) in [5.41, 5.74) is 2.44. The summed E-state index contributed by atoms with van der Waals surface area (Å²) in [7, 11) is 0. The van der Waals surface area contributed by atoms with Crippen molar-refractivity contribution in [2.75, 3.05) is 0 Å². The van der Waals surface area contributed by atoms with Gasteiger partial charge in [0.2, 0.25) is 0 Å². The molecule has 0 heterocycles. The average Bonchev–Trinajstić information content (AvgIpc) is 3.51. The minimum Gasteiger partial charge on any atom is -0.462 e. The van der Waals surface area contributed by atoms with Crippen molar-refractivity contribution in [3.63, 3.8) is 0 Å². The second-order valence-corrected chi connectivity index (χ2v) is 20.1. The second-order valence-electron chi connectivity index (χ2n) is 20.1. The lowest BCUT2D eigenvalue weighted by Crippen LogP contribution is -2.51. The average molecular weight is 747 g/mol. The van der Waals surface area contributed by atoms with Crippen LogP contribution in [0, 0.1) is 52.3 Å². The highest BCUT2D eigenvalue weighted by molar-refractivity contribution is 5.69. The Kier molecular flexibility index (Phi) is 20.0. The van der Waals surface area contributed by atoms with E-state index in [9.17, 15) is 4.79 Å². The van der Waals surface area contributed by atoms with E-state index in [0.717, 1.165) is 48.9 Å². The van der Waals surface area contributed by atoms with Crippen LogP contribution in [0.1, 0.15) is 228 Å². The molecule has 310 valence electrons. The summed E-state index contributed by atoms with van der Waals surface area (Å²) in [5, 5.41) is 0. The van der Waals surface area contributed by atoms with E-state index in [1.54, 1.807) is 5.57 Å². The molecule has 2 nitrogen and oxygen atoms in total. The highest BCUT2D eigenvalue weighted by Gasteiger charge is 2.59. The first kappa shape index (κ1) is 45.4. The fraction of sp³-hybridized carbons (Fsp3) is 0.865. The molecule has 0 aromatic carbocycles. The molecule has 0 amide bonds. The van der Waals surface area contributed by atoms with Crippen LogP contribution in [0.2, 0.25) is 0 Å². The summed E-state index contributed by atoms with van der Waals surface area (Å²) in [6.07, 6.45) is 48.9. The molecule has 3 fully saturated rings. The number of ether oxygens (including phenoxy) is 1. The number of esters is 1. The summed E-state index contributed by atoms with van der Waals surface area (Å²) in [5.74, 6) is 5.48. The minimum absolute atomic E-state index is 0.0579. The molecule has 2 heteroatoms. The molecule has 0 saturated heterocycles. The molecule has 0 bridgehead atoms. The zero-order valence-electron chi connectivity index (χ0n) is 37.1. The van der Waals surface area contributed by atoms with Gasteiger partial charge >= 0.3 is 5.97 Å². The first-order valence-corrected chi connectivity index (χ1v) is 24.3. The highest BCUT2D eigenvalue weighted by Crippen LogP contribution is 2.67. The van der Waals surface area contributed by atoms with E-state index in [4.69, 9.17) is 4.74 Å². The largest absolute Gasteiger partial charge is 0.462 e. The standard InChI is InChI=1S/C52H90O2/c1-8-9-10-11-12-13-14-15-16-17-18-19-20-21-22-23-24-25-26-27-28-29-50(53)54-45-36-38-51(6)44(40-45)32-33-46-48-35-34-47(52(48,7)39-37-49(46)51)43(5)31-30-42(4)41(2)3/h15-16,30-32,41-43,45-49H,8-14,17-29,33-40H2,1-7H3/b16-15+,31-30+. The van der Waals surface area contributed by atoms with E-state index in [2.05, 4.69) is 78.8 Å². The quantitative estimate of drug-likeness (QED) is 0.0500. The third-order valence-electron chi connectivity index (χ3n) is 16.0. The molecule has 0 aromatic heterocycles. The molecule has 0 spiro atoms. The van der Waals surface area contributed by atoms with Crippen molar-refractivity contribution < 1.29 is 9.53 Å². The van der Waals surface area contributed by atoms with Crippen LogP contribution < -0.4 is 0 Å². The Balaban J connectivity index is 1.03. The van der Waals surface area contributed by atoms with Crippen LogP contribution in [0.3, 0.4) is 0 Å². The summed E-state index contributed by atoms with van der Waals surface area (Å²) in [4.78, 5) is 12.9. The van der Waals surface area contributed by atoms with Crippen LogP contribution >= 0.6 is 0 Å². The second kappa shape index (κ2) is 23.8. The van der Waals surface area contributed by atoms with E-state index in [1.165, 1.54) is 154 Å². The van der Waals surface area contributed by atoms with Crippen molar-refractivity contribution in [2.45, 2.75) is 234 Å². The Hall–Kier alpha value is -1.31. The van der Waals surface area contributed by atoms with Gasteiger partial charge in [-0.15, -0.1) is 0 Å². The van der Waals surface area contributed by atoms with Crippen molar-refractivity contribution in [3.8, 4) is 0 Å². The molecule has 0 radical (unpaired) electrons. The van der Waals surface area contributed by atoms with Gasteiger partial charge in [0.05, 0.1) is 0 Å². The van der Waals surface area contributed by atoms with Gasteiger partial charge in [-0.3, -0.25) is 4.79 Å². The molecule has 4 rings (SSSR count). The number of allylic oxidation sites excluding steroid dienone is 5. The molecule has 3 saturated carbocycles. The molecule has 0 aromatic rings. The summed E-state index contributed by atoms with van der Waals surface area (Å²) in [6, 6.07) is 0. The van der Waals surface area contributed by atoms with Gasteiger partial charge in [0.25, 0.3) is 0 Å². The Morgan fingerprint density at radius 1 is 0.722 bits per heavy atom. The van der Waals surface area contributed by atoms with E-state index in [-0.39, 0.29) is 12.1 Å². The van der Waals surface area contributed by atoms with Gasteiger partial charge in [-0.05, 0) is 129 Å². The van der Waals surface area contributed by atoms with Gasteiger partial charge < -0.3 is 4.74 Å². The van der Waals surface area contributed by atoms with Gasteiger partial charge in [-0.1, -0.05) is 174 Å². The van der Waals surface area contributed by atoms with Gasteiger partial charge in [-0.25, -0.2) is 0 Å². The summed E-state index contributed by atoms with van der Waals surface area (Å²) < 4.78 is 6.16. The van der Waals surface area contributed by atoms with Crippen LogP contribution in [-0.4, -0.2) is 12.1 Å². The van der Waals surface area contributed by atoms with Crippen LogP contribution in [0.5, 0.6) is 0 Å². The van der Waals surface area contributed by atoms with Crippen molar-refractivity contribution >= 4 is 5.97 Å². The number of fused-ring (bicyclic) bond motifs is 5. The number of unbranched alkanes of at least 4 members (excludes halogenated alkanes) is 17. The smallest absolute Gasteiger partial charge is 0.306 e. The molecule has 54 heavy (non-hydrogen) atoms. The fourth-order valence-corrected chi connectivity index (χ4v) is 12.0.